The molecular weight excluding hydrogens is 318 g/mol. The normalized spacial score (nSPS) is 24.7. The highest BCUT2D eigenvalue weighted by atomic mass is 16.4. The van der Waals surface area contributed by atoms with E-state index in [2.05, 4.69) is 0 Å². The summed E-state index contributed by atoms with van der Waals surface area (Å²) in [6.07, 6.45) is 3.37. The fraction of sp³-hybridized carbons (Fsp3) is 0.400. The van der Waals surface area contributed by atoms with Crippen LogP contribution in [0.2, 0.25) is 0 Å². The van der Waals surface area contributed by atoms with Gasteiger partial charge in [-0.3, -0.25) is 9.59 Å². The van der Waals surface area contributed by atoms with Gasteiger partial charge in [-0.15, -0.1) is 0 Å². The van der Waals surface area contributed by atoms with E-state index in [1.807, 2.05) is 47.4 Å². The average molecular weight is 339 g/mol. The molecule has 2 heterocycles. The Bertz CT molecular complexity index is 760. The van der Waals surface area contributed by atoms with E-state index in [1.165, 1.54) is 0 Å². The Morgan fingerprint density at radius 1 is 1.08 bits per heavy atom. The summed E-state index contributed by atoms with van der Waals surface area (Å²) in [6.45, 7) is 0.975. The Balaban J connectivity index is 1.44. The number of hydrogen-bond acceptors (Lipinski definition) is 3. The number of carbonyl (C=O) groups excluding carboxylic acids is 1. The van der Waals surface area contributed by atoms with Gasteiger partial charge in [-0.25, -0.2) is 0 Å². The Morgan fingerprint density at radius 3 is 2.40 bits per heavy atom. The number of piperidine rings is 1. The van der Waals surface area contributed by atoms with Gasteiger partial charge >= 0.3 is 5.97 Å². The second-order valence-electron chi connectivity index (χ2n) is 7.04. The summed E-state index contributed by atoms with van der Waals surface area (Å²) in [5, 5.41) is 9.84. The molecule has 2 atom stereocenters. The van der Waals surface area contributed by atoms with Crippen molar-refractivity contribution >= 4 is 11.9 Å². The molecule has 2 aliphatic rings. The molecule has 0 spiro atoms. The number of carbonyl (C=O) groups is 2. The van der Waals surface area contributed by atoms with Gasteiger partial charge in [0.15, 0.2) is 0 Å². The van der Waals surface area contributed by atoms with Crippen molar-refractivity contribution in [3.05, 3.63) is 60.1 Å². The fourth-order valence-corrected chi connectivity index (χ4v) is 4.01. The van der Waals surface area contributed by atoms with Crippen LogP contribution in [0.25, 0.3) is 0 Å². The predicted molar refractivity (Wildman–Crippen MR) is 91.1 cm³/mol. The molecule has 1 N–H and O–H groups in total. The van der Waals surface area contributed by atoms with Gasteiger partial charge in [-0.05, 0) is 37.0 Å². The minimum absolute atomic E-state index is 0.0137. The van der Waals surface area contributed by atoms with Crippen LogP contribution < -0.4 is 0 Å². The van der Waals surface area contributed by atoms with Gasteiger partial charge in [0.05, 0.1) is 11.7 Å². The van der Waals surface area contributed by atoms with E-state index in [4.69, 9.17) is 4.42 Å². The Morgan fingerprint density at radius 2 is 1.80 bits per heavy atom. The lowest BCUT2D eigenvalue weighted by Crippen LogP contribution is -2.49. The third-order valence-electron chi connectivity index (χ3n) is 5.68. The lowest BCUT2D eigenvalue weighted by Gasteiger charge is -2.39. The molecule has 4 rings (SSSR count). The molecule has 130 valence electrons. The first kappa shape index (κ1) is 15.9. The van der Waals surface area contributed by atoms with Crippen LogP contribution in [0.15, 0.2) is 53.1 Å². The third-order valence-corrected chi connectivity index (χ3v) is 5.68. The molecule has 1 aliphatic carbocycles. The van der Waals surface area contributed by atoms with Crippen LogP contribution in [0.4, 0.5) is 0 Å². The number of amides is 1. The van der Waals surface area contributed by atoms with Crippen molar-refractivity contribution in [3.63, 3.8) is 0 Å². The van der Waals surface area contributed by atoms with E-state index in [-0.39, 0.29) is 17.7 Å². The quantitative estimate of drug-likeness (QED) is 0.929. The molecule has 2 aromatic rings. The largest absolute Gasteiger partial charge is 0.481 e. The van der Waals surface area contributed by atoms with Crippen molar-refractivity contribution in [2.24, 2.45) is 5.92 Å². The highest BCUT2D eigenvalue weighted by Gasteiger charge is 2.50. The molecule has 1 saturated heterocycles. The van der Waals surface area contributed by atoms with Crippen LogP contribution >= 0.6 is 0 Å². The van der Waals surface area contributed by atoms with E-state index in [0.717, 1.165) is 17.7 Å². The van der Waals surface area contributed by atoms with Crippen LogP contribution in [0.1, 0.15) is 36.5 Å². The van der Waals surface area contributed by atoms with Gasteiger partial charge in [-0.2, -0.15) is 0 Å². The van der Waals surface area contributed by atoms with Gasteiger partial charge in [0.25, 0.3) is 0 Å². The first-order valence-corrected chi connectivity index (χ1v) is 8.73. The molecule has 1 amide bonds. The summed E-state index contributed by atoms with van der Waals surface area (Å²) in [5.74, 6) is 0.377. The van der Waals surface area contributed by atoms with Crippen LogP contribution in [-0.2, 0) is 15.0 Å². The topological polar surface area (TPSA) is 70.8 Å². The molecular formula is C20H21NO4. The number of benzene rings is 1. The van der Waals surface area contributed by atoms with E-state index in [1.54, 1.807) is 6.26 Å². The van der Waals surface area contributed by atoms with Crippen molar-refractivity contribution in [2.45, 2.75) is 30.6 Å². The second-order valence-corrected chi connectivity index (χ2v) is 7.04. The maximum Gasteiger partial charge on any atom is 0.314 e. The standard InChI is InChI=1S/C20H21NO4/c22-18(16-13-15(16)17-7-4-12-25-17)21-10-8-20(9-11-21,19(23)24)14-5-2-1-3-6-14/h1-7,12,15-16H,8-11,13H2,(H,23,24)/t15-,16-/m1/s1. The smallest absolute Gasteiger partial charge is 0.314 e. The molecule has 0 unspecified atom stereocenters. The van der Waals surface area contributed by atoms with Crippen LogP contribution in [0, 0.1) is 5.92 Å². The predicted octanol–water partition coefficient (Wildman–Crippen LogP) is 3.03. The zero-order valence-corrected chi connectivity index (χ0v) is 13.9. The number of furan rings is 1. The molecule has 0 bridgehead atoms. The second kappa shape index (κ2) is 6.06. The average Bonchev–Trinajstić information content (AvgIpc) is 3.26. The van der Waals surface area contributed by atoms with E-state index < -0.39 is 11.4 Å². The molecule has 1 aliphatic heterocycles. The van der Waals surface area contributed by atoms with Crippen molar-refractivity contribution in [1.29, 1.82) is 0 Å². The van der Waals surface area contributed by atoms with E-state index >= 15 is 0 Å². The minimum atomic E-state index is -0.887. The number of rotatable bonds is 4. The maximum absolute atomic E-state index is 12.7. The van der Waals surface area contributed by atoms with Crippen molar-refractivity contribution in [3.8, 4) is 0 Å². The van der Waals surface area contributed by atoms with Crippen molar-refractivity contribution < 1.29 is 19.1 Å². The summed E-state index contributed by atoms with van der Waals surface area (Å²) >= 11 is 0. The summed E-state index contributed by atoms with van der Waals surface area (Å²) in [5.41, 5.74) is -0.0587. The number of hydrogen-bond donors (Lipinski definition) is 1. The number of nitrogens with zero attached hydrogens (tertiary/aromatic N) is 1. The summed E-state index contributed by atoms with van der Waals surface area (Å²) < 4.78 is 5.40. The molecule has 1 saturated carbocycles. The van der Waals surface area contributed by atoms with Gasteiger partial charge < -0.3 is 14.4 Å². The SMILES string of the molecule is O=C([C@@H]1C[C@H]1c1ccco1)N1CCC(C(=O)O)(c2ccccc2)CC1. The van der Waals surface area contributed by atoms with Gasteiger partial charge in [0.1, 0.15) is 5.76 Å². The zero-order chi connectivity index (χ0) is 17.4. The Labute approximate surface area is 146 Å². The molecule has 2 fully saturated rings. The Hall–Kier alpha value is -2.56. The first-order valence-electron chi connectivity index (χ1n) is 8.73. The molecule has 25 heavy (non-hydrogen) atoms. The Kier molecular flexibility index (Phi) is 3.86. The monoisotopic (exact) mass is 339 g/mol. The van der Waals surface area contributed by atoms with Crippen LogP contribution in [0.5, 0.6) is 0 Å². The highest BCUT2D eigenvalue weighted by molar-refractivity contribution is 5.85. The summed E-state index contributed by atoms with van der Waals surface area (Å²) in [6, 6.07) is 13.1. The summed E-state index contributed by atoms with van der Waals surface area (Å²) in [4.78, 5) is 26.5. The van der Waals surface area contributed by atoms with E-state index in [9.17, 15) is 14.7 Å². The van der Waals surface area contributed by atoms with E-state index in [0.29, 0.717) is 25.9 Å². The number of carboxylic acids is 1. The molecule has 5 heteroatoms. The summed E-state index contributed by atoms with van der Waals surface area (Å²) in [7, 11) is 0. The van der Waals surface area contributed by atoms with Crippen LogP contribution in [0.3, 0.4) is 0 Å². The first-order chi connectivity index (χ1) is 12.1. The number of likely N-dealkylation sites (tertiary alicyclic amines) is 1. The van der Waals surface area contributed by atoms with Gasteiger partial charge in [0, 0.05) is 24.9 Å². The maximum atomic E-state index is 12.7. The van der Waals surface area contributed by atoms with Gasteiger partial charge in [0.2, 0.25) is 5.91 Å². The van der Waals surface area contributed by atoms with Crippen molar-refractivity contribution in [2.75, 3.05) is 13.1 Å². The molecule has 0 radical (unpaired) electrons. The fourth-order valence-electron chi connectivity index (χ4n) is 4.01. The molecule has 5 nitrogen and oxygen atoms in total. The number of carboxylic acid groups (broad SMARTS) is 1. The van der Waals surface area contributed by atoms with Crippen LogP contribution in [-0.4, -0.2) is 35.0 Å². The zero-order valence-electron chi connectivity index (χ0n) is 13.9. The minimum Gasteiger partial charge on any atom is -0.481 e. The third kappa shape index (κ3) is 2.73. The highest BCUT2D eigenvalue weighted by Crippen LogP contribution is 2.49. The van der Waals surface area contributed by atoms with Gasteiger partial charge in [-0.1, -0.05) is 30.3 Å². The van der Waals surface area contributed by atoms with Crippen molar-refractivity contribution in [1.82, 2.24) is 4.90 Å². The molecule has 1 aromatic carbocycles. The molecule has 1 aromatic heterocycles. The lowest BCUT2D eigenvalue weighted by molar-refractivity contribution is -0.148. The lowest BCUT2D eigenvalue weighted by atomic mass is 9.73. The number of aliphatic carboxylic acids is 1.